The summed E-state index contributed by atoms with van der Waals surface area (Å²) < 4.78 is 0. The third kappa shape index (κ3) is 1.39. The Bertz CT molecular complexity index is 118. The van der Waals surface area contributed by atoms with Crippen LogP contribution in [0.3, 0.4) is 0 Å². The monoisotopic (exact) mass is 111 g/mol. The van der Waals surface area contributed by atoms with Crippen molar-refractivity contribution in [2.45, 2.75) is 6.42 Å². The third-order valence-corrected chi connectivity index (χ3v) is 1.03. The molecule has 0 amide bonds. The van der Waals surface area contributed by atoms with E-state index in [-0.39, 0.29) is 0 Å². The smallest absolute Gasteiger partial charge is 0.0481 e. The van der Waals surface area contributed by atoms with Gasteiger partial charge in [-0.05, 0) is 12.5 Å². The maximum atomic E-state index is 8.80. The fourth-order valence-corrected chi connectivity index (χ4v) is 0.605. The molecule has 44 valence electrons. The minimum absolute atomic E-state index is 0.701. The highest BCUT2D eigenvalue weighted by Gasteiger charge is 1.90. The average Bonchev–Trinajstić information content (AvgIpc) is 1.94. The van der Waals surface area contributed by atoms with Gasteiger partial charge in [0, 0.05) is 12.7 Å². The average molecular weight is 111 g/mol. The predicted molar refractivity (Wildman–Crippen MR) is 31.4 cm³/mol. The Labute approximate surface area is 48.7 Å². The first-order valence-electron chi connectivity index (χ1n) is 2.68. The molecule has 1 heterocycles. The van der Waals surface area contributed by atoms with E-state index in [9.17, 15) is 0 Å². The fourth-order valence-electron chi connectivity index (χ4n) is 0.605. The van der Waals surface area contributed by atoms with E-state index < -0.39 is 0 Å². The molecule has 0 atom stereocenters. The summed E-state index contributed by atoms with van der Waals surface area (Å²) >= 11 is 0. The van der Waals surface area contributed by atoms with Gasteiger partial charge in [-0.25, -0.2) is 0 Å². The Morgan fingerprint density at radius 1 is 1.38 bits per heavy atom. The van der Waals surface area contributed by atoms with Gasteiger partial charge in [0.2, 0.25) is 0 Å². The number of hydroxylamine groups is 2. The van der Waals surface area contributed by atoms with Gasteiger partial charge >= 0.3 is 0 Å². The van der Waals surface area contributed by atoms with Gasteiger partial charge in [0.25, 0.3) is 0 Å². The van der Waals surface area contributed by atoms with Crippen molar-refractivity contribution in [3.63, 3.8) is 0 Å². The van der Waals surface area contributed by atoms with E-state index in [0.717, 1.165) is 6.42 Å². The van der Waals surface area contributed by atoms with Gasteiger partial charge in [-0.3, -0.25) is 10.3 Å². The summed E-state index contributed by atoms with van der Waals surface area (Å²) in [6.45, 7) is 0.701. The molecule has 0 radical (unpaired) electrons. The SMILES string of the molecule is ON1C=CC=CCC1. The lowest BCUT2D eigenvalue weighted by atomic mass is 10.4. The molecule has 0 unspecified atom stereocenters. The highest BCUT2D eigenvalue weighted by atomic mass is 16.5. The zero-order valence-electron chi connectivity index (χ0n) is 4.62. The minimum Gasteiger partial charge on any atom is -0.289 e. The van der Waals surface area contributed by atoms with Crippen LogP contribution in [0.25, 0.3) is 0 Å². The van der Waals surface area contributed by atoms with Crippen molar-refractivity contribution >= 4 is 0 Å². The van der Waals surface area contributed by atoms with Crippen molar-refractivity contribution in [2.24, 2.45) is 0 Å². The molecule has 0 aliphatic carbocycles. The van der Waals surface area contributed by atoms with Crippen molar-refractivity contribution in [3.05, 3.63) is 24.4 Å². The van der Waals surface area contributed by atoms with E-state index in [0.29, 0.717) is 6.54 Å². The molecule has 0 saturated carbocycles. The van der Waals surface area contributed by atoms with Gasteiger partial charge < -0.3 is 0 Å². The number of hydrogen-bond acceptors (Lipinski definition) is 2. The number of nitrogens with zero attached hydrogens (tertiary/aromatic N) is 1. The molecule has 2 heteroatoms. The van der Waals surface area contributed by atoms with E-state index in [4.69, 9.17) is 5.21 Å². The third-order valence-electron chi connectivity index (χ3n) is 1.03. The summed E-state index contributed by atoms with van der Waals surface area (Å²) in [7, 11) is 0. The standard InChI is InChI=1S/C6H9NO/c8-7-5-3-1-2-4-6-7/h1-3,5,8H,4,6H2. The first-order valence-corrected chi connectivity index (χ1v) is 2.68. The van der Waals surface area contributed by atoms with E-state index in [1.165, 1.54) is 5.06 Å². The van der Waals surface area contributed by atoms with Crippen LogP contribution in [0, 0.1) is 0 Å². The molecule has 0 aromatic heterocycles. The van der Waals surface area contributed by atoms with Crippen molar-refractivity contribution in [2.75, 3.05) is 6.54 Å². The van der Waals surface area contributed by atoms with Gasteiger partial charge in [0.1, 0.15) is 0 Å². The van der Waals surface area contributed by atoms with Crippen molar-refractivity contribution < 1.29 is 5.21 Å². The van der Waals surface area contributed by atoms with Crippen molar-refractivity contribution in [3.8, 4) is 0 Å². The molecule has 0 aromatic carbocycles. The molecule has 0 aromatic rings. The topological polar surface area (TPSA) is 23.5 Å². The Morgan fingerprint density at radius 2 is 2.25 bits per heavy atom. The lowest BCUT2D eigenvalue weighted by molar-refractivity contribution is -0.0383. The number of allylic oxidation sites excluding steroid dienone is 2. The van der Waals surface area contributed by atoms with Gasteiger partial charge in [-0.2, -0.15) is 0 Å². The minimum atomic E-state index is 0.701. The summed E-state index contributed by atoms with van der Waals surface area (Å²) in [5.41, 5.74) is 0. The molecular formula is C6H9NO. The highest BCUT2D eigenvalue weighted by molar-refractivity contribution is 5.03. The molecule has 0 spiro atoms. The largest absolute Gasteiger partial charge is 0.289 e. The molecule has 0 bridgehead atoms. The van der Waals surface area contributed by atoms with Crippen LogP contribution in [0.5, 0.6) is 0 Å². The quantitative estimate of drug-likeness (QED) is 0.507. The maximum absolute atomic E-state index is 8.80. The van der Waals surface area contributed by atoms with E-state index >= 15 is 0 Å². The summed E-state index contributed by atoms with van der Waals surface area (Å²) in [4.78, 5) is 0. The first kappa shape index (κ1) is 5.38. The summed E-state index contributed by atoms with van der Waals surface area (Å²) in [5, 5.41) is 9.98. The lowest BCUT2D eigenvalue weighted by Crippen LogP contribution is -2.10. The molecule has 1 aliphatic rings. The van der Waals surface area contributed by atoms with E-state index in [1.54, 1.807) is 6.20 Å². The Morgan fingerprint density at radius 3 is 3.12 bits per heavy atom. The fraction of sp³-hybridized carbons (Fsp3) is 0.333. The molecule has 1 N–H and O–H groups in total. The van der Waals surface area contributed by atoms with Crippen LogP contribution in [0.1, 0.15) is 6.42 Å². The van der Waals surface area contributed by atoms with Crippen molar-refractivity contribution in [1.29, 1.82) is 0 Å². The zero-order chi connectivity index (χ0) is 5.82. The van der Waals surface area contributed by atoms with Crippen LogP contribution in [0.4, 0.5) is 0 Å². The van der Waals surface area contributed by atoms with Crippen LogP contribution in [0.15, 0.2) is 24.4 Å². The van der Waals surface area contributed by atoms with Crippen LogP contribution >= 0.6 is 0 Å². The Balaban J connectivity index is 2.46. The summed E-state index contributed by atoms with van der Waals surface area (Å²) in [6, 6.07) is 0. The highest BCUT2D eigenvalue weighted by Crippen LogP contribution is 1.95. The molecule has 8 heavy (non-hydrogen) atoms. The Kier molecular flexibility index (Phi) is 1.70. The first-order chi connectivity index (χ1) is 3.89. The van der Waals surface area contributed by atoms with Crippen LogP contribution < -0.4 is 0 Å². The molecule has 2 nitrogen and oxygen atoms in total. The summed E-state index contributed by atoms with van der Waals surface area (Å²) in [5.74, 6) is 0. The lowest BCUT2D eigenvalue weighted by Gasteiger charge is -2.06. The van der Waals surface area contributed by atoms with Crippen LogP contribution in [-0.2, 0) is 0 Å². The van der Waals surface area contributed by atoms with E-state index in [1.807, 2.05) is 18.2 Å². The predicted octanol–water partition coefficient (Wildman–Crippen LogP) is 1.15. The zero-order valence-corrected chi connectivity index (χ0v) is 4.62. The van der Waals surface area contributed by atoms with Gasteiger partial charge in [-0.15, -0.1) is 0 Å². The van der Waals surface area contributed by atoms with Gasteiger partial charge in [0.05, 0.1) is 0 Å². The summed E-state index contributed by atoms with van der Waals surface area (Å²) in [6.07, 6.45) is 8.32. The van der Waals surface area contributed by atoms with Crippen LogP contribution in [0.2, 0.25) is 0 Å². The normalized spacial score (nSPS) is 18.9. The second-order valence-corrected chi connectivity index (χ2v) is 1.72. The molecular weight excluding hydrogens is 102 g/mol. The van der Waals surface area contributed by atoms with E-state index in [2.05, 4.69) is 0 Å². The Hall–Kier alpha value is -0.760. The number of rotatable bonds is 0. The molecule has 1 aliphatic heterocycles. The number of hydrogen-bond donors (Lipinski definition) is 1. The second kappa shape index (κ2) is 2.52. The van der Waals surface area contributed by atoms with Crippen molar-refractivity contribution in [1.82, 2.24) is 5.06 Å². The maximum Gasteiger partial charge on any atom is 0.0481 e. The second-order valence-electron chi connectivity index (χ2n) is 1.72. The molecule has 0 saturated heterocycles. The van der Waals surface area contributed by atoms with Gasteiger partial charge in [0.15, 0.2) is 0 Å². The molecule has 0 fully saturated rings. The molecule has 1 rings (SSSR count). The van der Waals surface area contributed by atoms with Gasteiger partial charge in [-0.1, -0.05) is 12.2 Å². The van der Waals surface area contributed by atoms with Crippen LogP contribution in [-0.4, -0.2) is 16.8 Å².